The standard InChI is InChI=1S/C22H23O6PS2/c1-17-2-4-18(5-3-17)14-29(15-19-6-10-21(11-7-19)30(23,24)25)16-20-8-12-22(13-9-20)31(26,27)28/h2-13H,14-16H2,1H3,(H,23,24,25)(H,26,27,28). The molecule has 3 aromatic carbocycles. The number of hydrogen-bond donors (Lipinski definition) is 2. The number of aryl methyl sites for hydroxylation is 1. The first kappa shape index (κ1) is 23.6. The van der Waals surface area contributed by atoms with E-state index >= 15 is 0 Å². The van der Waals surface area contributed by atoms with Gasteiger partial charge in [-0.2, -0.15) is 16.8 Å². The zero-order valence-electron chi connectivity index (χ0n) is 16.8. The number of benzene rings is 3. The van der Waals surface area contributed by atoms with Crippen molar-refractivity contribution >= 4 is 28.2 Å². The van der Waals surface area contributed by atoms with Crippen molar-refractivity contribution in [2.45, 2.75) is 35.2 Å². The molecule has 0 aliphatic heterocycles. The van der Waals surface area contributed by atoms with Gasteiger partial charge in [0.25, 0.3) is 20.2 Å². The summed E-state index contributed by atoms with van der Waals surface area (Å²) < 4.78 is 63.4. The Morgan fingerprint density at radius 3 is 1.16 bits per heavy atom. The molecule has 0 saturated carbocycles. The molecule has 31 heavy (non-hydrogen) atoms. The summed E-state index contributed by atoms with van der Waals surface area (Å²) in [4.78, 5) is -0.278. The molecule has 0 amide bonds. The van der Waals surface area contributed by atoms with Gasteiger partial charge in [-0.1, -0.05) is 62.0 Å². The SMILES string of the molecule is Cc1ccc(CP(Cc2ccc(S(=O)(=O)O)cc2)Cc2ccc(S(=O)(=O)O)cc2)cc1. The third kappa shape index (κ3) is 6.95. The quantitative estimate of drug-likeness (QED) is 0.353. The normalized spacial score (nSPS) is 12.3. The van der Waals surface area contributed by atoms with Gasteiger partial charge in [-0.05, 0) is 66.4 Å². The monoisotopic (exact) mass is 478 g/mol. The summed E-state index contributed by atoms with van der Waals surface area (Å²) in [5.41, 5.74) is 4.29. The van der Waals surface area contributed by atoms with Crippen LogP contribution in [0.15, 0.2) is 82.6 Å². The third-order valence-corrected chi connectivity index (χ3v) is 8.95. The molecule has 164 valence electrons. The minimum Gasteiger partial charge on any atom is -0.282 e. The predicted molar refractivity (Wildman–Crippen MR) is 122 cm³/mol. The molecule has 2 N–H and O–H groups in total. The second-order valence-electron chi connectivity index (χ2n) is 7.37. The maximum absolute atomic E-state index is 11.3. The molecule has 0 aromatic heterocycles. The summed E-state index contributed by atoms with van der Waals surface area (Å²) >= 11 is 0. The van der Waals surface area contributed by atoms with Gasteiger partial charge < -0.3 is 0 Å². The minimum absolute atomic E-state index is 0.139. The molecule has 0 aliphatic rings. The van der Waals surface area contributed by atoms with E-state index in [4.69, 9.17) is 9.11 Å². The van der Waals surface area contributed by atoms with Gasteiger partial charge in [0.05, 0.1) is 9.79 Å². The molecule has 0 radical (unpaired) electrons. The maximum atomic E-state index is 11.3. The van der Waals surface area contributed by atoms with Crippen molar-refractivity contribution in [3.63, 3.8) is 0 Å². The zero-order chi connectivity index (χ0) is 22.6. The zero-order valence-corrected chi connectivity index (χ0v) is 19.4. The topological polar surface area (TPSA) is 109 Å². The van der Waals surface area contributed by atoms with Crippen molar-refractivity contribution in [1.29, 1.82) is 0 Å². The highest BCUT2D eigenvalue weighted by atomic mass is 32.2. The molecule has 3 aromatic rings. The molecule has 0 bridgehead atoms. The van der Waals surface area contributed by atoms with Crippen LogP contribution >= 0.6 is 7.92 Å². The lowest BCUT2D eigenvalue weighted by Gasteiger charge is -2.19. The van der Waals surface area contributed by atoms with Gasteiger partial charge in [-0.15, -0.1) is 0 Å². The Morgan fingerprint density at radius 2 is 0.871 bits per heavy atom. The maximum Gasteiger partial charge on any atom is 0.294 e. The molecule has 0 aliphatic carbocycles. The molecule has 0 saturated heterocycles. The van der Waals surface area contributed by atoms with Crippen LogP contribution in [0.4, 0.5) is 0 Å². The third-order valence-electron chi connectivity index (χ3n) is 4.78. The summed E-state index contributed by atoms with van der Waals surface area (Å²) in [6, 6.07) is 20.7. The Bertz CT molecular complexity index is 1160. The molecular weight excluding hydrogens is 455 g/mol. The van der Waals surface area contributed by atoms with Crippen molar-refractivity contribution in [3.8, 4) is 0 Å². The summed E-state index contributed by atoms with van der Waals surface area (Å²) in [6.07, 6.45) is 2.31. The van der Waals surface area contributed by atoms with E-state index < -0.39 is 28.2 Å². The van der Waals surface area contributed by atoms with Crippen LogP contribution in [0.3, 0.4) is 0 Å². The lowest BCUT2D eigenvalue weighted by atomic mass is 10.2. The fourth-order valence-electron chi connectivity index (χ4n) is 3.17. The fourth-order valence-corrected chi connectivity index (χ4v) is 6.65. The Labute approximate surface area is 184 Å². The fraction of sp³-hybridized carbons (Fsp3) is 0.182. The predicted octanol–water partition coefficient (Wildman–Crippen LogP) is 4.87. The van der Waals surface area contributed by atoms with E-state index in [0.29, 0.717) is 0 Å². The van der Waals surface area contributed by atoms with Gasteiger partial charge in [0.2, 0.25) is 0 Å². The molecule has 0 spiro atoms. The highest BCUT2D eigenvalue weighted by Crippen LogP contribution is 2.46. The van der Waals surface area contributed by atoms with Gasteiger partial charge in [0.15, 0.2) is 0 Å². The van der Waals surface area contributed by atoms with E-state index in [0.717, 1.165) is 29.6 Å². The van der Waals surface area contributed by atoms with Crippen LogP contribution in [0.5, 0.6) is 0 Å². The molecule has 9 heteroatoms. The van der Waals surface area contributed by atoms with E-state index in [1.807, 2.05) is 6.92 Å². The van der Waals surface area contributed by atoms with E-state index in [-0.39, 0.29) is 9.79 Å². The van der Waals surface area contributed by atoms with Gasteiger partial charge in [0, 0.05) is 0 Å². The summed E-state index contributed by atoms with van der Waals surface area (Å²) in [5.74, 6) is 0. The van der Waals surface area contributed by atoms with Gasteiger partial charge in [-0.25, -0.2) is 0 Å². The Balaban J connectivity index is 1.82. The first-order chi connectivity index (χ1) is 14.5. The molecule has 3 rings (SSSR count). The van der Waals surface area contributed by atoms with E-state index in [1.165, 1.54) is 35.4 Å². The van der Waals surface area contributed by atoms with Crippen LogP contribution < -0.4 is 0 Å². The average Bonchev–Trinajstić information content (AvgIpc) is 2.69. The molecule has 6 nitrogen and oxygen atoms in total. The van der Waals surface area contributed by atoms with Crippen molar-refractivity contribution < 1.29 is 25.9 Å². The van der Waals surface area contributed by atoms with E-state index in [9.17, 15) is 16.8 Å². The Morgan fingerprint density at radius 1 is 0.581 bits per heavy atom. The van der Waals surface area contributed by atoms with E-state index in [1.54, 1.807) is 24.3 Å². The van der Waals surface area contributed by atoms with Crippen LogP contribution in [0.25, 0.3) is 0 Å². The number of rotatable bonds is 8. The summed E-state index contributed by atoms with van der Waals surface area (Å²) in [7, 11) is -9.06. The van der Waals surface area contributed by atoms with Crippen molar-refractivity contribution in [2.24, 2.45) is 0 Å². The second-order valence-corrected chi connectivity index (χ2v) is 12.5. The van der Waals surface area contributed by atoms with Gasteiger partial charge in [-0.3, -0.25) is 9.11 Å². The molecule has 0 heterocycles. The molecular formula is C22H23O6PS2. The molecule has 0 atom stereocenters. The lowest BCUT2D eigenvalue weighted by Crippen LogP contribution is -1.99. The second kappa shape index (κ2) is 9.59. The van der Waals surface area contributed by atoms with E-state index in [2.05, 4.69) is 24.3 Å². The Kier molecular flexibility index (Phi) is 7.29. The van der Waals surface area contributed by atoms with Crippen LogP contribution in [0, 0.1) is 6.92 Å². The molecule has 0 unspecified atom stereocenters. The lowest BCUT2D eigenvalue weighted by molar-refractivity contribution is 0.481. The minimum atomic E-state index is -4.23. The number of hydrogen-bond acceptors (Lipinski definition) is 4. The highest BCUT2D eigenvalue weighted by Gasteiger charge is 2.15. The van der Waals surface area contributed by atoms with Crippen LogP contribution in [-0.2, 0) is 38.7 Å². The average molecular weight is 479 g/mol. The Hall–Kier alpha value is -2.09. The summed E-state index contributed by atoms with van der Waals surface area (Å²) in [6.45, 7) is 2.03. The van der Waals surface area contributed by atoms with Crippen LogP contribution in [0.2, 0.25) is 0 Å². The first-order valence-corrected chi connectivity index (χ1v) is 14.2. The van der Waals surface area contributed by atoms with Crippen LogP contribution in [-0.4, -0.2) is 25.9 Å². The smallest absolute Gasteiger partial charge is 0.282 e. The van der Waals surface area contributed by atoms with Crippen molar-refractivity contribution in [2.75, 3.05) is 0 Å². The van der Waals surface area contributed by atoms with Crippen molar-refractivity contribution in [3.05, 3.63) is 95.1 Å². The van der Waals surface area contributed by atoms with Gasteiger partial charge >= 0.3 is 0 Å². The first-order valence-electron chi connectivity index (χ1n) is 9.41. The highest BCUT2D eigenvalue weighted by molar-refractivity contribution is 7.86. The van der Waals surface area contributed by atoms with Crippen LogP contribution in [0.1, 0.15) is 22.3 Å². The van der Waals surface area contributed by atoms with Crippen molar-refractivity contribution in [1.82, 2.24) is 0 Å². The summed E-state index contributed by atoms with van der Waals surface area (Å²) in [5, 5.41) is 0. The molecule has 0 fully saturated rings. The largest absolute Gasteiger partial charge is 0.294 e. The van der Waals surface area contributed by atoms with Gasteiger partial charge in [0.1, 0.15) is 0 Å².